The number of ketones is 1. The number of piperidine rings is 1. The Morgan fingerprint density at radius 2 is 1.84 bits per heavy atom. The van der Waals surface area contributed by atoms with Crippen LogP contribution < -0.4 is 0 Å². The Bertz CT molecular complexity index is 796. The van der Waals surface area contributed by atoms with Crippen LogP contribution in [0.5, 0.6) is 0 Å². The molecule has 2 bridgehead atoms. The monoisotopic (exact) mass is 335 g/mol. The molecule has 0 saturated carbocycles. The summed E-state index contributed by atoms with van der Waals surface area (Å²) in [5, 5.41) is 2.74. The lowest BCUT2D eigenvalue weighted by Crippen LogP contribution is -2.48. The maximum absolute atomic E-state index is 12.9. The molecule has 0 aromatic heterocycles. The molecule has 0 N–H and O–H groups in total. The number of rotatable bonds is 4. The molecule has 25 heavy (non-hydrogen) atoms. The highest BCUT2D eigenvalue weighted by molar-refractivity contribution is 5.90. The third-order valence-electron chi connectivity index (χ3n) is 6.82. The zero-order chi connectivity index (χ0) is 17.6. The molecule has 2 aromatic rings. The minimum absolute atomic E-state index is 0.157. The molecule has 0 spiro atoms. The molecular formula is C23H29NO. The Kier molecular flexibility index (Phi) is 4.41. The lowest BCUT2D eigenvalue weighted by atomic mass is 9.72. The molecule has 2 aliphatic heterocycles. The van der Waals surface area contributed by atoms with Crippen LogP contribution in [-0.4, -0.2) is 29.8 Å². The lowest BCUT2D eigenvalue weighted by Gasteiger charge is -2.43. The average Bonchev–Trinajstić information content (AvgIpc) is 2.89. The van der Waals surface area contributed by atoms with Crippen molar-refractivity contribution in [1.82, 2.24) is 4.90 Å². The number of Topliss-reactive ketones (excluding diaryl/α,β-unsaturated/α-hetero) is 1. The van der Waals surface area contributed by atoms with Gasteiger partial charge in [0.1, 0.15) is 5.78 Å². The van der Waals surface area contributed by atoms with Crippen LogP contribution in [0.1, 0.15) is 56.6 Å². The van der Waals surface area contributed by atoms with Crippen LogP contribution in [0.3, 0.4) is 0 Å². The summed E-state index contributed by atoms with van der Waals surface area (Å²) in [4.78, 5) is 15.4. The van der Waals surface area contributed by atoms with Crippen molar-refractivity contribution in [3.8, 4) is 0 Å². The van der Waals surface area contributed by atoms with E-state index in [2.05, 4.69) is 55.3 Å². The van der Waals surface area contributed by atoms with Gasteiger partial charge < -0.3 is 0 Å². The number of hydrogen-bond donors (Lipinski definition) is 0. The molecule has 2 heteroatoms. The molecule has 0 aliphatic carbocycles. The van der Waals surface area contributed by atoms with E-state index in [9.17, 15) is 4.79 Å². The van der Waals surface area contributed by atoms with E-state index in [1.165, 1.54) is 34.7 Å². The molecule has 2 aromatic carbocycles. The summed E-state index contributed by atoms with van der Waals surface area (Å²) in [6.45, 7) is 4.25. The maximum Gasteiger partial charge on any atom is 0.137 e. The summed E-state index contributed by atoms with van der Waals surface area (Å²) < 4.78 is 0. The number of nitrogens with zero attached hydrogens (tertiary/aromatic N) is 1. The van der Waals surface area contributed by atoms with Crippen LogP contribution in [0.15, 0.2) is 36.4 Å². The number of hydrogen-bond acceptors (Lipinski definition) is 2. The van der Waals surface area contributed by atoms with Gasteiger partial charge in [-0.05, 0) is 60.5 Å². The normalized spacial score (nSPS) is 29.2. The first-order chi connectivity index (χ1) is 12.2. The third kappa shape index (κ3) is 2.62. The average molecular weight is 335 g/mol. The predicted octanol–water partition coefficient (Wildman–Crippen LogP) is 4.95. The van der Waals surface area contributed by atoms with Gasteiger partial charge in [0, 0.05) is 24.4 Å². The second-order valence-corrected chi connectivity index (χ2v) is 7.86. The lowest BCUT2D eigenvalue weighted by molar-refractivity contribution is -0.126. The fraction of sp³-hybridized carbons (Fsp3) is 0.522. The first-order valence-electron chi connectivity index (χ1n) is 9.90. The summed E-state index contributed by atoms with van der Waals surface area (Å²) >= 11 is 0. The smallest absolute Gasteiger partial charge is 0.137 e. The van der Waals surface area contributed by atoms with Crippen LogP contribution in [0.2, 0.25) is 0 Å². The van der Waals surface area contributed by atoms with E-state index in [-0.39, 0.29) is 5.92 Å². The Balaban J connectivity index is 1.85. The van der Waals surface area contributed by atoms with Gasteiger partial charge >= 0.3 is 0 Å². The van der Waals surface area contributed by atoms with Crippen LogP contribution in [0.4, 0.5) is 0 Å². The molecule has 0 unspecified atom stereocenters. The second kappa shape index (κ2) is 6.57. The molecule has 4 rings (SSSR count). The Hall–Kier alpha value is -1.67. The first kappa shape index (κ1) is 16.8. The Labute approximate surface area is 151 Å². The molecule has 132 valence electrons. The zero-order valence-corrected chi connectivity index (χ0v) is 15.7. The van der Waals surface area contributed by atoms with Crippen LogP contribution in [0, 0.1) is 5.92 Å². The predicted molar refractivity (Wildman–Crippen MR) is 104 cm³/mol. The van der Waals surface area contributed by atoms with Crippen molar-refractivity contribution in [1.29, 1.82) is 0 Å². The summed E-state index contributed by atoms with van der Waals surface area (Å²) in [6, 6.07) is 14.5. The van der Waals surface area contributed by atoms with Gasteiger partial charge in [-0.1, -0.05) is 50.2 Å². The van der Waals surface area contributed by atoms with Gasteiger partial charge in [-0.3, -0.25) is 9.69 Å². The quantitative estimate of drug-likeness (QED) is 0.788. The van der Waals surface area contributed by atoms with E-state index in [1.807, 2.05) is 6.92 Å². The molecule has 2 heterocycles. The molecule has 0 amide bonds. The summed E-state index contributed by atoms with van der Waals surface area (Å²) in [7, 11) is 2.23. The van der Waals surface area contributed by atoms with Gasteiger partial charge in [-0.2, -0.15) is 0 Å². The Morgan fingerprint density at radius 3 is 2.56 bits per heavy atom. The summed E-state index contributed by atoms with van der Waals surface area (Å²) in [6.07, 6.45) is 5.26. The van der Waals surface area contributed by atoms with Gasteiger partial charge in [0.2, 0.25) is 0 Å². The minimum atomic E-state index is 0.157. The highest BCUT2D eigenvalue weighted by Crippen LogP contribution is 2.48. The van der Waals surface area contributed by atoms with Gasteiger partial charge in [0.05, 0.1) is 0 Å². The SMILES string of the molecule is CCC(=O)[C@H]1[C@@H](c2ccc(CC)c3ccccc23)C[C@@H]2CC[C@H]1N2C. The van der Waals surface area contributed by atoms with Crippen molar-refractivity contribution < 1.29 is 4.79 Å². The molecular weight excluding hydrogens is 306 g/mol. The largest absolute Gasteiger partial charge is 0.300 e. The molecule has 2 aliphatic rings. The minimum Gasteiger partial charge on any atom is -0.300 e. The zero-order valence-electron chi connectivity index (χ0n) is 15.7. The molecule has 0 radical (unpaired) electrons. The van der Waals surface area contributed by atoms with Gasteiger partial charge in [-0.15, -0.1) is 0 Å². The number of aryl methyl sites for hydroxylation is 1. The molecule has 2 saturated heterocycles. The van der Waals surface area contributed by atoms with Gasteiger partial charge in [0.15, 0.2) is 0 Å². The van der Waals surface area contributed by atoms with Crippen molar-refractivity contribution >= 4 is 16.6 Å². The first-order valence-corrected chi connectivity index (χ1v) is 9.90. The standard InChI is InChI=1S/C23H29NO/c1-4-15-10-12-19(18-9-7-6-8-17(15)18)20-14-16-11-13-21(24(16)3)23(20)22(25)5-2/h6-10,12,16,20-21,23H,4-5,11,13-14H2,1-3H3/t16-,20+,21+,23-/m0/s1. The van der Waals surface area contributed by atoms with E-state index in [0.717, 1.165) is 12.8 Å². The summed E-state index contributed by atoms with van der Waals surface area (Å²) in [5.74, 6) is 0.979. The highest BCUT2D eigenvalue weighted by atomic mass is 16.1. The molecule has 4 atom stereocenters. The van der Waals surface area contributed by atoms with Gasteiger partial charge in [0.25, 0.3) is 0 Å². The van der Waals surface area contributed by atoms with Crippen molar-refractivity contribution in [3.05, 3.63) is 47.5 Å². The van der Waals surface area contributed by atoms with Crippen molar-refractivity contribution in [2.45, 2.75) is 64.0 Å². The fourth-order valence-corrected chi connectivity index (χ4v) is 5.48. The van der Waals surface area contributed by atoms with Crippen molar-refractivity contribution in [3.63, 3.8) is 0 Å². The van der Waals surface area contributed by atoms with E-state index >= 15 is 0 Å². The molecule has 2 nitrogen and oxygen atoms in total. The van der Waals surface area contributed by atoms with Crippen LogP contribution in [-0.2, 0) is 11.2 Å². The van der Waals surface area contributed by atoms with E-state index in [0.29, 0.717) is 30.2 Å². The number of carbonyl (C=O) groups excluding carboxylic acids is 1. The number of fused-ring (bicyclic) bond motifs is 3. The van der Waals surface area contributed by atoms with Crippen LogP contribution in [0.25, 0.3) is 10.8 Å². The van der Waals surface area contributed by atoms with Gasteiger partial charge in [-0.25, -0.2) is 0 Å². The summed E-state index contributed by atoms with van der Waals surface area (Å²) in [5.41, 5.74) is 2.82. The van der Waals surface area contributed by atoms with E-state index in [4.69, 9.17) is 0 Å². The fourth-order valence-electron chi connectivity index (χ4n) is 5.48. The third-order valence-corrected chi connectivity index (χ3v) is 6.82. The van der Waals surface area contributed by atoms with Crippen molar-refractivity contribution in [2.24, 2.45) is 5.92 Å². The maximum atomic E-state index is 12.9. The van der Waals surface area contributed by atoms with E-state index in [1.54, 1.807) is 0 Å². The number of carbonyl (C=O) groups is 1. The second-order valence-electron chi connectivity index (χ2n) is 7.86. The highest BCUT2D eigenvalue weighted by Gasteiger charge is 2.48. The number of benzene rings is 2. The van der Waals surface area contributed by atoms with E-state index < -0.39 is 0 Å². The van der Waals surface area contributed by atoms with Crippen molar-refractivity contribution in [2.75, 3.05) is 7.05 Å². The Morgan fingerprint density at radius 1 is 1.08 bits per heavy atom. The van der Waals surface area contributed by atoms with Crippen LogP contribution >= 0.6 is 0 Å². The topological polar surface area (TPSA) is 20.3 Å². The molecule has 2 fully saturated rings.